The highest BCUT2D eigenvalue weighted by molar-refractivity contribution is 7.89. The number of nitrogens with zero attached hydrogens (tertiary/aromatic N) is 2. The number of amides is 1. The van der Waals surface area contributed by atoms with E-state index < -0.39 is 10.0 Å². The molecule has 1 aromatic heterocycles. The summed E-state index contributed by atoms with van der Waals surface area (Å²) < 4.78 is 33.3. The molecule has 1 unspecified atom stereocenters. The molecule has 0 spiro atoms. The van der Waals surface area contributed by atoms with Crippen molar-refractivity contribution in [1.29, 1.82) is 0 Å². The second-order valence-electron chi connectivity index (χ2n) is 7.49. The van der Waals surface area contributed by atoms with Crippen molar-refractivity contribution in [1.82, 2.24) is 14.6 Å². The van der Waals surface area contributed by atoms with E-state index in [-0.39, 0.29) is 23.4 Å². The fourth-order valence-electron chi connectivity index (χ4n) is 3.53. The molecule has 2 heterocycles. The maximum absolute atomic E-state index is 13.1. The van der Waals surface area contributed by atoms with Crippen molar-refractivity contribution in [2.75, 3.05) is 13.2 Å². The first-order chi connectivity index (χ1) is 14.4. The summed E-state index contributed by atoms with van der Waals surface area (Å²) in [6.07, 6.45) is 5.25. The number of rotatable bonds is 8. The SMILES string of the molecule is CCCOc1ncccc1CNC(=O)c1cccc(S(=O)(=O)N2CCCCC2C)c1. The maximum atomic E-state index is 13.1. The van der Waals surface area contributed by atoms with Crippen LogP contribution in [0, 0.1) is 0 Å². The van der Waals surface area contributed by atoms with Gasteiger partial charge in [-0.05, 0) is 50.5 Å². The number of hydrogen-bond acceptors (Lipinski definition) is 5. The molecule has 1 aromatic carbocycles. The first-order valence-corrected chi connectivity index (χ1v) is 11.8. The summed E-state index contributed by atoms with van der Waals surface area (Å²) in [6, 6.07) is 9.81. The Morgan fingerprint density at radius 3 is 2.87 bits per heavy atom. The molecule has 1 fully saturated rings. The first kappa shape index (κ1) is 22.2. The van der Waals surface area contributed by atoms with Crippen LogP contribution in [0.2, 0.25) is 0 Å². The molecule has 1 saturated heterocycles. The van der Waals surface area contributed by atoms with E-state index in [1.807, 2.05) is 19.9 Å². The topological polar surface area (TPSA) is 88.6 Å². The normalized spacial score (nSPS) is 17.5. The summed E-state index contributed by atoms with van der Waals surface area (Å²) in [5, 5.41) is 2.83. The monoisotopic (exact) mass is 431 g/mol. The lowest BCUT2D eigenvalue weighted by molar-refractivity contribution is 0.0950. The van der Waals surface area contributed by atoms with E-state index in [4.69, 9.17) is 4.74 Å². The summed E-state index contributed by atoms with van der Waals surface area (Å²) >= 11 is 0. The zero-order chi connectivity index (χ0) is 21.6. The van der Waals surface area contributed by atoms with Crippen LogP contribution in [0.5, 0.6) is 5.88 Å². The van der Waals surface area contributed by atoms with Gasteiger partial charge in [0.1, 0.15) is 0 Å². The first-order valence-electron chi connectivity index (χ1n) is 10.4. The van der Waals surface area contributed by atoms with Crippen LogP contribution in [0.4, 0.5) is 0 Å². The highest BCUT2D eigenvalue weighted by Crippen LogP contribution is 2.25. The van der Waals surface area contributed by atoms with E-state index in [1.165, 1.54) is 6.07 Å². The number of carbonyl (C=O) groups excluding carboxylic acids is 1. The molecular formula is C22H29N3O4S. The third-order valence-electron chi connectivity index (χ3n) is 5.18. The molecule has 0 bridgehead atoms. The van der Waals surface area contributed by atoms with Gasteiger partial charge in [0.25, 0.3) is 5.91 Å². The number of piperidine rings is 1. The molecule has 1 aliphatic rings. The molecule has 30 heavy (non-hydrogen) atoms. The Balaban J connectivity index is 1.72. The number of nitrogens with one attached hydrogen (secondary N) is 1. The van der Waals surface area contributed by atoms with E-state index in [1.54, 1.807) is 34.8 Å². The molecule has 0 saturated carbocycles. The van der Waals surface area contributed by atoms with Crippen LogP contribution in [0.25, 0.3) is 0 Å². The smallest absolute Gasteiger partial charge is 0.251 e. The predicted molar refractivity (Wildman–Crippen MR) is 115 cm³/mol. The summed E-state index contributed by atoms with van der Waals surface area (Å²) in [5.74, 6) is 0.152. The van der Waals surface area contributed by atoms with Crippen LogP contribution < -0.4 is 10.1 Å². The van der Waals surface area contributed by atoms with Crippen molar-refractivity contribution in [3.63, 3.8) is 0 Å². The maximum Gasteiger partial charge on any atom is 0.251 e. The van der Waals surface area contributed by atoms with Gasteiger partial charge in [0, 0.05) is 36.5 Å². The van der Waals surface area contributed by atoms with Gasteiger partial charge in [0.05, 0.1) is 11.5 Å². The van der Waals surface area contributed by atoms with Crippen molar-refractivity contribution < 1.29 is 17.9 Å². The largest absolute Gasteiger partial charge is 0.477 e. The summed E-state index contributed by atoms with van der Waals surface area (Å²) in [7, 11) is -3.63. The molecule has 1 N–H and O–H groups in total. The van der Waals surface area contributed by atoms with E-state index in [9.17, 15) is 13.2 Å². The Labute approximate surface area is 178 Å². The molecule has 0 radical (unpaired) electrons. The van der Waals surface area contributed by atoms with Crippen molar-refractivity contribution in [3.05, 3.63) is 53.7 Å². The highest BCUT2D eigenvalue weighted by atomic mass is 32.2. The number of aromatic nitrogens is 1. The fraction of sp³-hybridized carbons (Fsp3) is 0.455. The molecule has 0 aliphatic carbocycles. The van der Waals surface area contributed by atoms with Crippen LogP contribution in [-0.4, -0.2) is 42.8 Å². The Morgan fingerprint density at radius 2 is 2.10 bits per heavy atom. The average molecular weight is 432 g/mol. The number of hydrogen-bond donors (Lipinski definition) is 1. The van der Waals surface area contributed by atoms with Gasteiger partial charge in [0.2, 0.25) is 15.9 Å². The number of pyridine rings is 1. The van der Waals surface area contributed by atoms with E-state index >= 15 is 0 Å². The molecular weight excluding hydrogens is 402 g/mol. The van der Waals surface area contributed by atoms with Crippen molar-refractivity contribution in [2.24, 2.45) is 0 Å². The molecule has 1 amide bonds. The standard InChI is InChI=1S/C22H29N3O4S/c1-3-14-29-22-19(10-7-12-23-22)16-24-21(26)18-9-6-11-20(15-18)30(27,28)25-13-5-4-8-17(25)2/h6-7,9-12,15,17H,3-5,8,13-14,16H2,1-2H3,(H,24,26). The van der Waals surface area contributed by atoms with Crippen LogP contribution in [0.3, 0.4) is 0 Å². The van der Waals surface area contributed by atoms with Crippen LogP contribution in [-0.2, 0) is 16.6 Å². The Hall–Kier alpha value is -2.45. The third-order valence-corrected chi connectivity index (χ3v) is 7.19. The lowest BCUT2D eigenvalue weighted by Crippen LogP contribution is -2.42. The number of benzene rings is 1. The lowest BCUT2D eigenvalue weighted by Gasteiger charge is -2.32. The van der Waals surface area contributed by atoms with Crippen LogP contribution in [0.1, 0.15) is 55.5 Å². The Bertz CT molecular complexity index is 978. The number of carbonyl (C=O) groups is 1. The molecule has 3 rings (SSSR count). The number of sulfonamides is 1. The average Bonchev–Trinajstić information content (AvgIpc) is 2.76. The van der Waals surface area contributed by atoms with Crippen LogP contribution in [0.15, 0.2) is 47.5 Å². The van der Waals surface area contributed by atoms with E-state index in [2.05, 4.69) is 10.3 Å². The second-order valence-corrected chi connectivity index (χ2v) is 9.38. The van der Waals surface area contributed by atoms with Gasteiger partial charge in [-0.2, -0.15) is 4.31 Å². The van der Waals surface area contributed by atoms with Crippen molar-refractivity contribution >= 4 is 15.9 Å². The zero-order valence-electron chi connectivity index (χ0n) is 17.5. The molecule has 1 aliphatic heterocycles. The third kappa shape index (κ3) is 5.17. The second kappa shape index (κ2) is 10.0. The highest BCUT2D eigenvalue weighted by Gasteiger charge is 2.31. The van der Waals surface area contributed by atoms with Gasteiger partial charge in [0.15, 0.2) is 0 Å². The molecule has 7 nitrogen and oxygen atoms in total. The Morgan fingerprint density at radius 1 is 1.27 bits per heavy atom. The van der Waals surface area contributed by atoms with Crippen molar-refractivity contribution in [3.8, 4) is 5.88 Å². The number of ether oxygens (including phenoxy) is 1. The minimum Gasteiger partial charge on any atom is -0.477 e. The fourth-order valence-corrected chi connectivity index (χ4v) is 5.27. The Kier molecular flexibility index (Phi) is 7.44. The predicted octanol–water partition coefficient (Wildman–Crippen LogP) is 3.36. The van der Waals surface area contributed by atoms with Gasteiger partial charge in [-0.15, -0.1) is 0 Å². The summed E-state index contributed by atoms with van der Waals surface area (Å²) in [5.41, 5.74) is 1.07. The van der Waals surface area contributed by atoms with E-state index in [0.29, 0.717) is 24.6 Å². The van der Waals surface area contributed by atoms with Crippen LogP contribution >= 0.6 is 0 Å². The zero-order valence-corrected chi connectivity index (χ0v) is 18.3. The lowest BCUT2D eigenvalue weighted by atomic mass is 10.1. The van der Waals surface area contributed by atoms with Gasteiger partial charge in [-0.25, -0.2) is 13.4 Å². The molecule has 2 aromatic rings. The van der Waals surface area contributed by atoms with Gasteiger partial charge < -0.3 is 10.1 Å². The summed E-state index contributed by atoms with van der Waals surface area (Å²) in [6.45, 7) is 5.25. The minimum atomic E-state index is -3.63. The van der Waals surface area contributed by atoms with Crippen molar-refractivity contribution in [2.45, 2.75) is 57.0 Å². The quantitative estimate of drug-likeness (QED) is 0.692. The molecule has 8 heteroatoms. The van der Waals surface area contributed by atoms with Gasteiger partial charge in [-0.3, -0.25) is 4.79 Å². The summed E-state index contributed by atoms with van der Waals surface area (Å²) in [4.78, 5) is 17.0. The van der Waals surface area contributed by atoms with Gasteiger partial charge >= 0.3 is 0 Å². The van der Waals surface area contributed by atoms with E-state index in [0.717, 1.165) is 31.2 Å². The minimum absolute atomic E-state index is 0.0339. The van der Waals surface area contributed by atoms with Gasteiger partial charge in [-0.1, -0.05) is 25.5 Å². The molecule has 1 atom stereocenters. The molecule has 162 valence electrons.